The lowest BCUT2D eigenvalue weighted by molar-refractivity contribution is -0.112. The fourth-order valence-corrected chi connectivity index (χ4v) is 5.56. The van der Waals surface area contributed by atoms with E-state index in [9.17, 15) is 13.2 Å². The van der Waals surface area contributed by atoms with Crippen LogP contribution in [0.4, 0.5) is 11.4 Å². The van der Waals surface area contributed by atoms with Crippen LogP contribution in [0.25, 0.3) is 5.57 Å². The van der Waals surface area contributed by atoms with Gasteiger partial charge in [0, 0.05) is 21.8 Å². The minimum absolute atomic E-state index is 0.0142. The molecule has 0 saturated carbocycles. The molecular weight excluding hydrogens is 444 g/mol. The van der Waals surface area contributed by atoms with Crippen molar-refractivity contribution in [2.75, 3.05) is 16.2 Å². The van der Waals surface area contributed by atoms with Crippen molar-refractivity contribution in [1.29, 1.82) is 0 Å². The molecule has 32 heavy (non-hydrogen) atoms. The molecule has 0 radical (unpaired) electrons. The Morgan fingerprint density at radius 2 is 1.75 bits per heavy atom. The van der Waals surface area contributed by atoms with Crippen LogP contribution in [0.2, 0.25) is 5.02 Å². The Morgan fingerprint density at radius 1 is 1.06 bits per heavy atom. The van der Waals surface area contributed by atoms with Gasteiger partial charge in [0.1, 0.15) is 0 Å². The molecule has 0 saturated heterocycles. The molecule has 0 bridgehead atoms. The fourth-order valence-electron chi connectivity index (χ4n) is 3.68. The topological polar surface area (TPSA) is 66.5 Å². The first kappa shape index (κ1) is 21.9. The molecule has 5 nitrogen and oxygen atoms in total. The molecule has 0 fully saturated rings. The van der Waals surface area contributed by atoms with Crippen LogP contribution in [-0.2, 0) is 14.8 Å². The van der Waals surface area contributed by atoms with Crippen molar-refractivity contribution in [2.45, 2.75) is 6.92 Å². The van der Waals surface area contributed by atoms with E-state index in [-0.39, 0.29) is 11.4 Å². The highest BCUT2D eigenvalue weighted by Gasteiger charge is 2.41. The number of sulfonamides is 1. The summed E-state index contributed by atoms with van der Waals surface area (Å²) in [6.45, 7) is 5.63. The van der Waals surface area contributed by atoms with Crippen LogP contribution in [0.5, 0.6) is 0 Å². The summed E-state index contributed by atoms with van der Waals surface area (Å²) in [5, 5.41) is 3.18. The molecule has 0 aliphatic carbocycles. The van der Waals surface area contributed by atoms with E-state index in [1.807, 2.05) is 25.1 Å². The monoisotopic (exact) mass is 464 g/mol. The number of benzene rings is 3. The Kier molecular flexibility index (Phi) is 5.91. The number of fused-ring (bicyclic) bond motifs is 1. The fraction of sp³-hybridized carbons (Fsp3) is 0.0800. The van der Waals surface area contributed by atoms with Crippen molar-refractivity contribution >= 4 is 44.5 Å². The highest BCUT2D eigenvalue weighted by Crippen LogP contribution is 2.44. The Labute approximate surface area is 192 Å². The van der Waals surface area contributed by atoms with Gasteiger partial charge in [-0.25, -0.2) is 8.42 Å². The van der Waals surface area contributed by atoms with E-state index in [1.54, 1.807) is 54.6 Å². The third kappa shape index (κ3) is 3.95. The lowest BCUT2D eigenvalue weighted by Crippen LogP contribution is -2.39. The number of nitrogens with zero attached hydrogens (tertiary/aromatic N) is 1. The van der Waals surface area contributed by atoms with Gasteiger partial charge in [0.2, 0.25) is 0 Å². The number of hydrogen-bond acceptors (Lipinski definition) is 3. The quantitative estimate of drug-likeness (QED) is 0.515. The second kappa shape index (κ2) is 8.65. The summed E-state index contributed by atoms with van der Waals surface area (Å²) in [7, 11) is -4.19. The zero-order valence-electron chi connectivity index (χ0n) is 17.4. The molecule has 0 unspecified atom stereocenters. The van der Waals surface area contributed by atoms with E-state index in [4.69, 9.17) is 11.6 Å². The zero-order chi connectivity index (χ0) is 22.9. The molecule has 0 atom stereocenters. The predicted octanol–water partition coefficient (Wildman–Crippen LogP) is 5.38. The first-order chi connectivity index (χ1) is 15.3. The number of aryl methyl sites for hydroxylation is 1. The SMILES string of the molecule is C=CCN1c2ccc(Cl)cc2C(c2ccccc2)=C(C(=O)Nc2ccc(C)cc2)S1(=O)=O. The highest BCUT2D eigenvalue weighted by molar-refractivity contribution is 7.97. The molecule has 1 heterocycles. The summed E-state index contributed by atoms with van der Waals surface area (Å²) in [5.74, 6) is -0.715. The Hall–Kier alpha value is -3.35. The number of carbonyl (C=O) groups is 1. The number of nitrogens with one attached hydrogen (secondary N) is 1. The molecule has 3 aromatic rings. The van der Waals surface area contributed by atoms with Crippen molar-refractivity contribution in [3.63, 3.8) is 0 Å². The molecular formula is C25H21ClN2O3S. The maximum atomic E-state index is 13.7. The van der Waals surface area contributed by atoms with Gasteiger partial charge in [0.25, 0.3) is 15.9 Å². The third-order valence-corrected chi connectivity index (χ3v) is 7.21. The van der Waals surface area contributed by atoms with Crippen LogP contribution in [0.1, 0.15) is 16.7 Å². The van der Waals surface area contributed by atoms with Gasteiger partial charge >= 0.3 is 0 Å². The van der Waals surface area contributed by atoms with Gasteiger partial charge in [-0.1, -0.05) is 65.7 Å². The Bertz CT molecular complexity index is 1330. The minimum atomic E-state index is -4.19. The van der Waals surface area contributed by atoms with Gasteiger partial charge in [0.05, 0.1) is 12.2 Å². The van der Waals surface area contributed by atoms with E-state index in [1.165, 1.54) is 10.4 Å². The highest BCUT2D eigenvalue weighted by atomic mass is 35.5. The summed E-state index contributed by atoms with van der Waals surface area (Å²) in [5.41, 5.74) is 3.45. The molecule has 1 amide bonds. The normalized spacial score (nSPS) is 14.6. The average Bonchev–Trinajstić information content (AvgIpc) is 2.77. The average molecular weight is 465 g/mol. The molecule has 3 aromatic carbocycles. The van der Waals surface area contributed by atoms with Crippen molar-refractivity contribution in [3.05, 3.63) is 112 Å². The standard InChI is InChI=1S/C25H21ClN2O3S/c1-3-15-28-22-14-11-19(26)16-21(22)23(18-7-5-4-6-8-18)24(32(28,30)31)25(29)27-20-12-9-17(2)10-13-20/h3-14,16H,1,15H2,2H3,(H,27,29). The molecule has 4 rings (SSSR count). The molecule has 162 valence electrons. The van der Waals surface area contributed by atoms with Crippen molar-refractivity contribution in [1.82, 2.24) is 0 Å². The summed E-state index contributed by atoms with van der Waals surface area (Å²) in [6, 6.07) is 21.1. The summed E-state index contributed by atoms with van der Waals surface area (Å²) >= 11 is 6.29. The largest absolute Gasteiger partial charge is 0.321 e. The van der Waals surface area contributed by atoms with Crippen molar-refractivity contribution in [3.8, 4) is 0 Å². The van der Waals surface area contributed by atoms with Crippen LogP contribution in [0.3, 0.4) is 0 Å². The zero-order valence-corrected chi connectivity index (χ0v) is 19.0. The number of halogens is 1. The van der Waals surface area contributed by atoms with Crippen LogP contribution >= 0.6 is 11.6 Å². The number of anilines is 2. The second-order valence-corrected chi connectivity index (χ2v) is 9.61. The van der Waals surface area contributed by atoms with Gasteiger partial charge in [-0.05, 0) is 42.8 Å². The number of rotatable bonds is 5. The van der Waals surface area contributed by atoms with E-state index < -0.39 is 15.9 Å². The van der Waals surface area contributed by atoms with Gasteiger partial charge in [-0.3, -0.25) is 9.10 Å². The smallest absolute Gasteiger partial charge is 0.270 e. The van der Waals surface area contributed by atoms with E-state index >= 15 is 0 Å². The predicted molar refractivity (Wildman–Crippen MR) is 130 cm³/mol. The van der Waals surface area contributed by atoms with Crippen molar-refractivity contribution in [2.24, 2.45) is 0 Å². The minimum Gasteiger partial charge on any atom is -0.321 e. The lowest BCUT2D eigenvalue weighted by atomic mass is 9.95. The van der Waals surface area contributed by atoms with Gasteiger partial charge < -0.3 is 5.32 Å². The van der Waals surface area contributed by atoms with E-state index in [2.05, 4.69) is 11.9 Å². The Morgan fingerprint density at radius 3 is 2.41 bits per heavy atom. The number of amides is 1. The van der Waals surface area contributed by atoms with Crippen LogP contribution in [-0.4, -0.2) is 20.9 Å². The summed E-state index contributed by atoms with van der Waals surface area (Å²) < 4.78 is 28.7. The summed E-state index contributed by atoms with van der Waals surface area (Å²) in [6.07, 6.45) is 1.49. The molecule has 0 aromatic heterocycles. The van der Waals surface area contributed by atoms with Crippen LogP contribution < -0.4 is 9.62 Å². The lowest BCUT2D eigenvalue weighted by Gasteiger charge is -2.33. The van der Waals surface area contributed by atoms with Crippen LogP contribution in [0, 0.1) is 6.92 Å². The molecule has 1 N–H and O–H groups in total. The first-order valence-corrected chi connectivity index (χ1v) is 11.8. The Balaban J connectivity index is 2.00. The first-order valence-electron chi connectivity index (χ1n) is 9.94. The van der Waals surface area contributed by atoms with Gasteiger partial charge in [-0.15, -0.1) is 6.58 Å². The molecule has 1 aliphatic rings. The van der Waals surface area contributed by atoms with E-state index in [0.717, 1.165) is 5.56 Å². The van der Waals surface area contributed by atoms with Gasteiger partial charge in [0.15, 0.2) is 4.91 Å². The summed E-state index contributed by atoms with van der Waals surface area (Å²) in [4.78, 5) is 13.1. The number of hydrogen-bond donors (Lipinski definition) is 1. The maximum Gasteiger partial charge on any atom is 0.270 e. The molecule has 1 aliphatic heterocycles. The number of carbonyl (C=O) groups excluding carboxylic acids is 1. The molecule has 0 spiro atoms. The second-order valence-electron chi connectivity index (χ2n) is 7.38. The van der Waals surface area contributed by atoms with Crippen molar-refractivity contribution < 1.29 is 13.2 Å². The van der Waals surface area contributed by atoms with Crippen LogP contribution in [0.15, 0.2) is 90.4 Å². The molecule has 7 heteroatoms. The van der Waals surface area contributed by atoms with Gasteiger partial charge in [-0.2, -0.15) is 0 Å². The maximum absolute atomic E-state index is 13.7. The van der Waals surface area contributed by atoms with E-state index in [0.29, 0.717) is 33.1 Å². The third-order valence-electron chi connectivity index (χ3n) is 5.14.